The normalized spacial score (nSPS) is 12.3. The van der Waals surface area contributed by atoms with Gasteiger partial charge in [-0.1, -0.05) is 17.7 Å². The summed E-state index contributed by atoms with van der Waals surface area (Å²) in [6.07, 6.45) is -1.20. The van der Waals surface area contributed by atoms with Gasteiger partial charge in [0.15, 0.2) is 0 Å². The molecule has 0 saturated carbocycles. The van der Waals surface area contributed by atoms with Gasteiger partial charge in [-0.15, -0.1) is 0 Å². The van der Waals surface area contributed by atoms with Crippen molar-refractivity contribution in [3.8, 4) is 5.75 Å². The highest BCUT2D eigenvalue weighted by Gasteiger charge is 2.17. The molecule has 0 aliphatic heterocycles. The second kappa shape index (κ2) is 5.55. The maximum absolute atomic E-state index is 13.1. The predicted octanol–water partition coefficient (Wildman–Crippen LogP) is 3.71. The molecule has 1 N–H and O–H groups in total. The van der Waals surface area contributed by atoms with Crippen LogP contribution in [0.15, 0.2) is 36.4 Å². The fraction of sp³-hybridized carbons (Fsp3) is 0.143. The topological polar surface area (TPSA) is 29.5 Å². The van der Waals surface area contributed by atoms with Crippen LogP contribution in [0.1, 0.15) is 17.2 Å². The maximum atomic E-state index is 13.1. The van der Waals surface area contributed by atoms with E-state index < -0.39 is 17.7 Å². The Kier molecular flexibility index (Phi) is 4.02. The van der Waals surface area contributed by atoms with E-state index in [9.17, 15) is 13.9 Å². The van der Waals surface area contributed by atoms with Crippen LogP contribution < -0.4 is 4.74 Å². The molecule has 5 heteroatoms. The number of methoxy groups -OCH3 is 1. The van der Waals surface area contributed by atoms with Gasteiger partial charge in [0.25, 0.3) is 0 Å². The van der Waals surface area contributed by atoms with Crippen molar-refractivity contribution in [3.63, 3.8) is 0 Å². The third-order valence-corrected chi connectivity index (χ3v) is 2.93. The number of rotatable bonds is 3. The molecule has 19 heavy (non-hydrogen) atoms. The van der Waals surface area contributed by atoms with E-state index in [1.807, 2.05) is 0 Å². The molecule has 0 fully saturated rings. The summed E-state index contributed by atoms with van der Waals surface area (Å²) < 4.78 is 31.4. The summed E-state index contributed by atoms with van der Waals surface area (Å²) in [5.74, 6) is -1.14. The maximum Gasteiger partial charge on any atom is 0.126 e. The summed E-state index contributed by atoms with van der Waals surface area (Å²) in [5.41, 5.74) is 0.495. The van der Waals surface area contributed by atoms with Gasteiger partial charge >= 0.3 is 0 Å². The molecule has 2 rings (SSSR count). The molecule has 2 nitrogen and oxygen atoms in total. The zero-order valence-electron chi connectivity index (χ0n) is 10.0. The van der Waals surface area contributed by atoms with Crippen LogP contribution in [0.5, 0.6) is 5.75 Å². The Hall–Kier alpha value is -1.65. The lowest BCUT2D eigenvalue weighted by Gasteiger charge is -2.15. The Morgan fingerprint density at radius 1 is 1.11 bits per heavy atom. The molecule has 0 aromatic heterocycles. The Balaban J connectivity index is 2.46. The van der Waals surface area contributed by atoms with E-state index in [1.165, 1.54) is 13.2 Å². The molecule has 0 spiro atoms. The fourth-order valence-electron chi connectivity index (χ4n) is 1.82. The zero-order valence-corrected chi connectivity index (χ0v) is 10.8. The molecule has 0 bridgehead atoms. The number of aliphatic hydroxyl groups excluding tert-OH is 1. The van der Waals surface area contributed by atoms with E-state index in [1.54, 1.807) is 12.1 Å². The second-order valence-corrected chi connectivity index (χ2v) is 4.43. The van der Waals surface area contributed by atoms with Crippen molar-refractivity contribution in [1.29, 1.82) is 0 Å². The summed E-state index contributed by atoms with van der Waals surface area (Å²) in [6.45, 7) is 0. The molecule has 1 atom stereocenters. The summed E-state index contributed by atoms with van der Waals surface area (Å²) in [7, 11) is 1.42. The molecule has 1 unspecified atom stereocenters. The van der Waals surface area contributed by atoms with Crippen molar-refractivity contribution in [2.75, 3.05) is 7.11 Å². The lowest BCUT2D eigenvalue weighted by Crippen LogP contribution is -2.03. The Morgan fingerprint density at radius 3 is 2.32 bits per heavy atom. The Morgan fingerprint density at radius 2 is 1.74 bits per heavy atom. The molecule has 0 aliphatic rings. The van der Waals surface area contributed by atoms with Crippen LogP contribution in [0, 0.1) is 11.6 Å². The first-order valence-corrected chi connectivity index (χ1v) is 5.86. The first kappa shape index (κ1) is 13.8. The van der Waals surface area contributed by atoms with Crippen LogP contribution in [-0.2, 0) is 0 Å². The number of benzene rings is 2. The van der Waals surface area contributed by atoms with Gasteiger partial charge in [0.05, 0.1) is 7.11 Å². The molecule has 100 valence electrons. The van der Waals surface area contributed by atoms with Gasteiger partial charge in [0.2, 0.25) is 0 Å². The van der Waals surface area contributed by atoms with E-state index in [0.717, 1.165) is 18.2 Å². The second-order valence-electron chi connectivity index (χ2n) is 3.99. The van der Waals surface area contributed by atoms with Gasteiger partial charge in [0.1, 0.15) is 23.5 Å². The smallest absolute Gasteiger partial charge is 0.126 e. The molecular formula is C14H11ClF2O2. The molecule has 0 heterocycles. The monoisotopic (exact) mass is 284 g/mol. The summed E-state index contributed by atoms with van der Waals surface area (Å²) in [4.78, 5) is 0. The average molecular weight is 285 g/mol. The predicted molar refractivity (Wildman–Crippen MR) is 68.4 cm³/mol. The van der Waals surface area contributed by atoms with Gasteiger partial charge in [-0.05, 0) is 29.8 Å². The molecule has 2 aromatic carbocycles. The van der Waals surface area contributed by atoms with Crippen molar-refractivity contribution in [3.05, 3.63) is 64.2 Å². The lowest BCUT2D eigenvalue weighted by atomic mass is 10.0. The van der Waals surface area contributed by atoms with Gasteiger partial charge in [-0.3, -0.25) is 0 Å². The largest absolute Gasteiger partial charge is 0.496 e. The van der Waals surface area contributed by atoms with Crippen molar-refractivity contribution in [1.82, 2.24) is 0 Å². The van der Waals surface area contributed by atoms with Crippen LogP contribution in [0.4, 0.5) is 8.78 Å². The Bertz CT molecular complexity index is 582. The lowest BCUT2D eigenvalue weighted by molar-refractivity contribution is 0.213. The van der Waals surface area contributed by atoms with Crippen LogP contribution in [-0.4, -0.2) is 12.2 Å². The van der Waals surface area contributed by atoms with Crippen molar-refractivity contribution in [2.45, 2.75) is 6.10 Å². The molecule has 0 amide bonds. The highest BCUT2D eigenvalue weighted by atomic mass is 35.5. The van der Waals surface area contributed by atoms with E-state index >= 15 is 0 Å². The quantitative estimate of drug-likeness (QED) is 0.931. The van der Waals surface area contributed by atoms with Crippen molar-refractivity contribution in [2.24, 2.45) is 0 Å². The molecule has 2 aromatic rings. The van der Waals surface area contributed by atoms with Crippen molar-refractivity contribution >= 4 is 11.6 Å². The van der Waals surface area contributed by atoms with Gasteiger partial charge in [-0.25, -0.2) is 8.78 Å². The van der Waals surface area contributed by atoms with Crippen LogP contribution >= 0.6 is 11.6 Å². The molecule has 0 aliphatic carbocycles. The highest BCUT2D eigenvalue weighted by Crippen LogP contribution is 2.32. The number of halogens is 3. The Labute approximate surface area is 114 Å². The first-order valence-electron chi connectivity index (χ1n) is 5.48. The SMILES string of the molecule is COc1cc(Cl)ccc1C(O)c1cc(F)cc(F)c1. The third kappa shape index (κ3) is 3.03. The minimum atomic E-state index is -1.20. The van der Waals surface area contributed by atoms with Gasteiger partial charge in [0, 0.05) is 16.7 Å². The first-order chi connectivity index (χ1) is 9.01. The van der Waals surface area contributed by atoms with Gasteiger partial charge in [-0.2, -0.15) is 0 Å². The number of ether oxygens (including phenoxy) is 1. The molecule has 0 radical (unpaired) electrons. The minimum absolute atomic E-state index is 0.109. The summed E-state index contributed by atoms with van der Waals surface area (Å²) >= 11 is 5.82. The van der Waals surface area contributed by atoms with Gasteiger partial charge < -0.3 is 9.84 Å². The molecular weight excluding hydrogens is 274 g/mol. The zero-order chi connectivity index (χ0) is 14.0. The number of hydrogen-bond donors (Lipinski definition) is 1. The van der Waals surface area contributed by atoms with Crippen molar-refractivity contribution < 1.29 is 18.6 Å². The highest BCUT2D eigenvalue weighted by molar-refractivity contribution is 6.30. The average Bonchev–Trinajstić information content (AvgIpc) is 2.36. The molecule has 0 saturated heterocycles. The van der Waals surface area contributed by atoms with E-state index in [-0.39, 0.29) is 5.56 Å². The third-order valence-electron chi connectivity index (χ3n) is 2.69. The number of aliphatic hydroxyl groups is 1. The fourth-order valence-corrected chi connectivity index (χ4v) is 1.99. The summed E-state index contributed by atoms with van der Waals surface area (Å²) in [6, 6.07) is 7.53. The summed E-state index contributed by atoms with van der Waals surface area (Å²) in [5, 5.41) is 10.6. The van der Waals surface area contributed by atoms with E-state index in [0.29, 0.717) is 16.3 Å². The van der Waals surface area contributed by atoms with Crippen LogP contribution in [0.3, 0.4) is 0 Å². The van der Waals surface area contributed by atoms with Crippen LogP contribution in [0.2, 0.25) is 5.02 Å². The minimum Gasteiger partial charge on any atom is -0.496 e. The van der Waals surface area contributed by atoms with E-state index in [4.69, 9.17) is 16.3 Å². The number of hydrogen-bond acceptors (Lipinski definition) is 2. The van der Waals surface area contributed by atoms with Crippen LogP contribution in [0.25, 0.3) is 0 Å². The van der Waals surface area contributed by atoms with E-state index in [2.05, 4.69) is 0 Å². The standard InChI is InChI=1S/C14H11ClF2O2/c1-19-13-6-9(15)2-3-12(13)14(18)8-4-10(16)7-11(17)5-8/h2-7,14,18H,1H3.